The van der Waals surface area contributed by atoms with Crippen LogP contribution in [0, 0.1) is 6.92 Å². The maximum atomic E-state index is 13.5. The number of benzene rings is 1. The number of ether oxygens (including phenoxy) is 1. The van der Waals surface area contributed by atoms with Gasteiger partial charge in [-0.2, -0.15) is 0 Å². The summed E-state index contributed by atoms with van der Waals surface area (Å²) < 4.78 is 6.58. The molecule has 2 aromatic heterocycles. The van der Waals surface area contributed by atoms with Gasteiger partial charge in [0.2, 0.25) is 0 Å². The Morgan fingerprint density at radius 3 is 2.84 bits per heavy atom. The van der Waals surface area contributed by atoms with Crippen molar-refractivity contribution in [3.63, 3.8) is 0 Å². The fourth-order valence-electron chi connectivity index (χ4n) is 3.56. The Balaban J connectivity index is 1.58. The maximum Gasteiger partial charge on any atom is 0.258 e. The topological polar surface area (TPSA) is 92.3 Å². The lowest BCUT2D eigenvalue weighted by molar-refractivity contribution is 0.0474. The number of thiazole rings is 1. The van der Waals surface area contributed by atoms with Crippen LogP contribution in [0.5, 0.6) is 5.75 Å². The molecular weight excluding hydrogens is 444 g/mol. The minimum absolute atomic E-state index is 0.00971. The molecule has 3 aromatic rings. The largest absolute Gasteiger partial charge is 0.496 e. The van der Waals surface area contributed by atoms with Crippen LogP contribution in [-0.4, -0.2) is 58.0 Å². The number of nitrogens with one attached hydrogen (secondary N) is 2. The molecule has 0 aliphatic carbocycles. The van der Waals surface area contributed by atoms with Crippen LogP contribution in [0.2, 0.25) is 0 Å². The van der Waals surface area contributed by atoms with Gasteiger partial charge >= 0.3 is 0 Å². The van der Waals surface area contributed by atoms with Crippen LogP contribution >= 0.6 is 23.1 Å². The molecular formula is C22H26N6O2S2. The van der Waals surface area contributed by atoms with Crippen LogP contribution in [0.25, 0.3) is 0 Å². The van der Waals surface area contributed by atoms with Crippen LogP contribution in [0.3, 0.4) is 0 Å². The molecule has 0 atom stereocenters. The quantitative estimate of drug-likeness (QED) is 0.559. The van der Waals surface area contributed by atoms with Crippen molar-refractivity contribution in [2.75, 3.05) is 32.1 Å². The highest BCUT2D eigenvalue weighted by Crippen LogP contribution is 2.39. The van der Waals surface area contributed by atoms with Gasteiger partial charge in [-0.3, -0.25) is 9.78 Å². The normalized spacial score (nSPS) is 15.4. The third kappa shape index (κ3) is 4.87. The first-order valence-corrected chi connectivity index (χ1v) is 11.9. The lowest BCUT2D eigenvalue weighted by atomic mass is 9.98. The van der Waals surface area contributed by atoms with Gasteiger partial charge in [-0.15, -0.1) is 0 Å². The fourth-order valence-corrected chi connectivity index (χ4v) is 5.51. The van der Waals surface area contributed by atoms with Gasteiger partial charge in [-0.05, 0) is 38.5 Å². The second-order valence-electron chi connectivity index (χ2n) is 8.07. The number of carbonyl (C=O) groups is 1. The Morgan fingerprint density at radius 1 is 1.28 bits per heavy atom. The van der Waals surface area contributed by atoms with Crippen molar-refractivity contribution in [3.05, 3.63) is 48.0 Å². The number of piperazine rings is 1. The van der Waals surface area contributed by atoms with Crippen molar-refractivity contribution in [2.45, 2.75) is 35.4 Å². The van der Waals surface area contributed by atoms with Gasteiger partial charge in [0.15, 0.2) is 10.9 Å². The molecule has 10 heteroatoms. The molecule has 1 amide bonds. The van der Waals surface area contributed by atoms with Crippen molar-refractivity contribution < 1.29 is 9.53 Å². The van der Waals surface area contributed by atoms with Crippen molar-refractivity contribution in [1.82, 2.24) is 25.2 Å². The van der Waals surface area contributed by atoms with Gasteiger partial charge in [-0.25, -0.2) is 9.97 Å². The molecule has 0 radical (unpaired) electrons. The molecule has 1 aliphatic heterocycles. The lowest BCUT2D eigenvalue weighted by Crippen LogP contribution is -2.59. The summed E-state index contributed by atoms with van der Waals surface area (Å²) >= 11 is 3.11. The summed E-state index contributed by atoms with van der Waals surface area (Å²) in [7, 11) is 1.61. The minimum Gasteiger partial charge on any atom is -0.496 e. The first-order chi connectivity index (χ1) is 15.4. The Bertz CT molecular complexity index is 1100. The van der Waals surface area contributed by atoms with E-state index in [9.17, 15) is 4.79 Å². The molecule has 1 aliphatic rings. The van der Waals surface area contributed by atoms with Crippen molar-refractivity contribution in [2.24, 2.45) is 0 Å². The summed E-state index contributed by atoms with van der Waals surface area (Å²) in [5, 5.41) is 7.26. The van der Waals surface area contributed by atoms with Gasteiger partial charge in [0.05, 0.1) is 34.8 Å². The van der Waals surface area contributed by atoms with E-state index in [2.05, 4.69) is 39.4 Å². The number of carbonyl (C=O) groups excluding carboxylic acids is 1. The molecule has 3 heterocycles. The molecule has 1 saturated heterocycles. The molecule has 2 N–H and O–H groups in total. The number of aryl methyl sites for hydroxylation is 1. The molecule has 0 unspecified atom stereocenters. The molecule has 1 fully saturated rings. The van der Waals surface area contributed by atoms with Crippen LogP contribution in [0.1, 0.15) is 29.8 Å². The van der Waals surface area contributed by atoms with Crippen molar-refractivity contribution in [3.8, 4) is 5.75 Å². The first kappa shape index (κ1) is 22.5. The molecule has 1 aromatic carbocycles. The van der Waals surface area contributed by atoms with Crippen LogP contribution < -0.4 is 15.4 Å². The number of amides is 1. The molecule has 168 valence electrons. The van der Waals surface area contributed by atoms with Gasteiger partial charge in [-0.1, -0.05) is 23.1 Å². The predicted octanol–water partition coefficient (Wildman–Crippen LogP) is 3.97. The molecule has 4 rings (SSSR count). The van der Waals surface area contributed by atoms with E-state index in [1.807, 2.05) is 30.2 Å². The number of nitrogens with zero attached hydrogens (tertiary/aromatic N) is 4. The van der Waals surface area contributed by atoms with E-state index in [0.29, 0.717) is 23.7 Å². The number of hydrogen-bond donors (Lipinski definition) is 2. The van der Waals surface area contributed by atoms with E-state index < -0.39 is 0 Å². The van der Waals surface area contributed by atoms with Gasteiger partial charge in [0, 0.05) is 36.9 Å². The van der Waals surface area contributed by atoms with Gasteiger partial charge < -0.3 is 20.3 Å². The smallest absolute Gasteiger partial charge is 0.258 e. The van der Waals surface area contributed by atoms with Crippen molar-refractivity contribution >= 4 is 40.0 Å². The van der Waals surface area contributed by atoms with Crippen LogP contribution in [0.4, 0.5) is 10.9 Å². The SMILES string of the molecule is COc1cc(C)c(Sc2cnc(Nc3cnccn3)s2)cc1C(=O)N1CCNCC1(C)C. The summed E-state index contributed by atoms with van der Waals surface area (Å²) in [5.74, 6) is 1.23. The Hall–Kier alpha value is -2.69. The maximum absolute atomic E-state index is 13.5. The lowest BCUT2D eigenvalue weighted by Gasteiger charge is -2.43. The molecule has 0 saturated carbocycles. The molecule has 0 bridgehead atoms. The van der Waals surface area contributed by atoms with E-state index >= 15 is 0 Å². The standard InChI is InChI=1S/C22H26N6O2S2/c1-14-9-16(30-4)15(20(29)28-8-7-24-13-22(28,2)3)10-17(14)31-19-12-26-21(32-19)27-18-11-23-5-6-25-18/h5-6,9-12,24H,7-8,13H2,1-4H3,(H,25,26,27). The minimum atomic E-state index is -0.267. The number of hydrogen-bond acceptors (Lipinski definition) is 9. The average Bonchev–Trinajstić information content (AvgIpc) is 3.21. The third-order valence-electron chi connectivity index (χ3n) is 5.27. The van der Waals surface area contributed by atoms with Crippen molar-refractivity contribution in [1.29, 1.82) is 0 Å². The number of aromatic nitrogens is 3. The van der Waals surface area contributed by atoms with Crippen LogP contribution in [-0.2, 0) is 0 Å². The zero-order valence-electron chi connectivity index (χ0n) is 18.5. The monoisotopic (exact) mass is 470 g/mol. The molecule has 0 spiro atoms. The first-order valence-electron chi connectivity index (χ1n) is 10.3. The molecule has 32 heavy (non-hydrogen) atoms. The zero-order chi connectivity index (χ0) is 22.7. The van der Waals surface area contributed by atoms with E-state index in [4.69, 9.17) is 4.74 Å². The fraction of sp³-hybridized carbons (Fsp3) is 0.364. The summed E-state index contributed by atoms with van der Waals surface area (Å²) in [6.07, 6.45) is 6.72. The highest BCUT2D eigenvalue weighted by molar-refractivity contribution is 8.01. The summed E-state index contributed by atoms with van der Waals surface area (Å²) in [6.45, 7) is 8.39. The third-order valence-corrected chi connectivity index (χ3v) is 7.44. The average molecular weight is 471 g/mol. The Kier molecular flexibility index (Phi) is 6.63. The van der Waals surface area contributed by atoms with E-state index in [1.54, 1.807) is 37.5 Å². The summed E-state index contributed by atoms with van der Waals surface area (Å²) in [4.78, 5) is 29.1. The van der Waals surface area contributed by atoms with Crippen LogP contribution in [0.15, 0.2) is 46.0 Å². The number of methoxy groups -OCH3 is 1. The zero-order valence-corrected chi connectivity index (χ0v) is 20.1. The Morgan fingerprint density at radius 2 is 2.12 bits per heavy atom. The second kappa shape index (κ2) is 9.43. The van der Waals surface area contributed by atoms with Gasteiger partial charge in [0.25, 0.3) is 5.91 Å². The summed E-state index contributed by atoms with van der Waals surface area (Å²) in [6, 6.07) is 3.87. The highest BCUT2D eigenvalue weighted by Gasteiger charge is 2.35. The van der Waals surface area contributed by atoms with E-state index in [1.165, 1.54) is 11.3 Å². The predicted molar refractivity (Wildman–Crippen MR) is 127 cm³/mol. The molecule has 8 nitrogen and oxygen atoms in total. The number of rotatable bonds is 6. The Labute approximate surface area is 195 Å². The van der Waals surface area contributed by atoms with E-state index in [0.717, 1.165) is 32.9 Å². The van der Waals surface area contributed by atoms with E-state index in [-0.39, 0.29) is 11.4 Å². The summed E-state index contributed by atoms with van der Waals surface area (Å²) in [5.41, 5.74) is 1.36. The second-order valence-corrected chi connectivity index (χ2v) is 10.4. The highest BCUT2D eigenvalue weighted by atomic mass is 32.2. The number of anilines is 2. The van der Waals surface area contributed by atoms with Gasteiger partial charge in [0.1, 0.15) is 5.75 Å².